The lowest BCUT2D eigenvalue weighted by molar-refractivity contribution is -0.144. The molecule has 0 aliphatic heterocycles. The van der Waals surface area contributed by atoms with E-state index in [1.165, 1.54) is 32.1 Å². The number of rotatable bonds is 29. The van der Waals surface area contributed by atoms with Crippen molar-refractivity contribution < 1.29 is 34.2 Å². The molecule has 0 unspecified atom stereocenters. The number of carboxylic acid groups (broad SMARTS) is 2. The molecule has 6 N–H and O–H groups in total. The van der Waals surface area contributed by atoms with Crippen molar-refractivity contribution in [3.8, 4) is 0 Å². The summed E-state index contributed by atoms with van der Waals surface area (Å²) in [6.45, 7) is 3.02. The predicted molar refractivity (Wildman–Crippen MR) is 160 cm³/mol. The molecule has 0 radical (unpaired) electrons. The maximum absolute atomic E-state index is 12.3. The third-order valence-corrected chi connectivity index (χ3v) is 7.29. The van der Waals surface area contributed by atoms with Gasteiger partial charge in [0.15, 0.2) is 0 Å². The Balaban J connectivity index is 3.80. The summed E-state index contributed by atoms with van der Waals surface area (Å²) in [5.74, 6) is -3.04. The Kier molecular flexibility index (Phi) is 24.8. The molecule has 0 saturated heterocycles. The van der Waals surface area contributed by atoms with E-state index in [9.17, 15) is 29.1 Å². The van der Waals surface area contributed by atoms with Crippen LogP contribution in [0.25, 0.3) is 0 Å². The fraction of sp³-hybridized carbons (Fsp3) is 0.839. The van der Waals surface area contributed by atoms with E-state index in [0.717, 1.165) is 51.4 Å². The van der Waals surface area contributed by atoms with Crippen molar-refractivity contribution in [1.82, 2.24) is 10.6 Å². The molecule has 0 spiro atoms. The van der Waals surface area contributed by atoms with Gasteiger partial charge in [-0.15, -0.1) is 0 Å². The van der Waals surface area contributed by atoms with E-state index in [1.54, 1.807) is 0 Å². The maximum atomic E-state index is 12.3. The van der Waals surface area contributed by atoms with Gasteiger partial charge in [-0.05, 0) is 44.9 Å². The minimum absolute atomic E-state index is 0.0308. The lowest BCUT2D eigenvalue weighted by Gasteiger charge is -2.13. The summed E-state index contributed by atoms with van der Waals surface area (Å²) < 4.78 is 0. The molecule has 0 saturated carbocycles. The number of Topliss-reactive ketones (excluding diaryl/α,β-unsaturated/α-hetero) is 1. The lowest BCUT2D eigenvalue weighted by atomic mass is 9.94. The van der Waals surface area contributed by atoms with Crippen molar-refractivity contribution in [2.45, 2.75) is 148 Å². The predicted octanol–water partition coefficient (Wildman–Crippen LogP) is 5.11. The molecule has 0 heterocycles. The summed E-state index contributed by atoms with van der Waals surface area (Å²) in [5, 5.41) is 23.6. The standard InChI is InChI=1S/C31H57N3O7/c1-2-22-34-30(39)27(32)18-15-16-23-33-28(36)21-20-25(31(40)41)24-26(35)17-13-11-9-7-5-3-4-6-8-10-12-14-19-29(37)38/h25,27H,2-24,32H2,1H3,(H,33,36)(H,34,39)(H,37,38)(H,40,41)/t25-,27+/m1/s1. The second-order valence-electron chi connectivity index (χ2n) is 11.2. The molecule has 0 aromatic rings. The molecule has 0 bridgehead atoms. The fourth-order valence-corrected chi connectivity index (χ4v) is 4.68. The van der Waals surface area contributed by atoms with Gasteiger partial charge in [0.1, 0.15) is 5.78 Å². The molecule has 238 valence electrons. The molecule has 2 amide bonds. The van der Waals surface area contributed by atoms with Crippen molar-refractivity contribution >= 4 is 29.5 Å². The normalized spacial score (nSPS) is 12.4. The Labute approximate surface area is 247 Å². The number of carbonyl (C=O) groups is 5. The van der Waals surface area contributed by atoms with Crippen LogP contribution in [-0.4, -0.2) is 58.9 Å². The van der Waals surface area contributed by atoms with E-state index in [2.05, 4.69) is 10.6 Å². The van der Waals surface area contributed by atoms with E-state index in [4.69, 9.17) is 10.8 Å². The number of unbranched alkanes of at least 4 members (excludes halogenated alkanes) is 12. The number of aliphatic carboxylic acids is 2. The largest absolute Gasteiger partial charge is 0.481 e. The van der Waals surface area contributed by atoms with Crippen LogP contribution in [0.3, 0.4) is 0 Å². The van der Waals surface area contributed by atoms with Crippen LogP contribution in [0.1, 0.15) is 142 Å². The fourth-order valence-electron chi connectivity index (χ4n) is 4.68. The van der Waals surface area contributed by atoms with Crippen LogP contribution in [0.2, 0.25) is 0 Å². The second kappa shape index (κ2) is 26.4. The highest BCUT2D eigenvalue weighted by atomic mass is 16.4. The number of nitrogens with one attached hydrogen (secondary N) is 2. The van der Waals surface area contributed by atoms with Crippen LogP contribution in [0.4, 0.5) is 0 Å². The molecule has 10 nitrogen and oxygen atoms in total. The van der Waals surface area contributed by atoms with E-state index >= 15 is 0 Å². The summed E-state index contributed by atoms with van der Waals surface area (Å²) in [5.41, 5.74) is 5.85. The molecule has 0 rings (SSSR count). The van der Waals surface area contributed by atoms with Crippen LogP contribution in [0.15, 0.2) is 0 Å². The van der Waals surface area contributed by atoms with Gasteiger partial charge in [-0.3, -0.25) is 24.0 Å². The van der Waals surface area contributed by atoms with Gasteiger partial charge in [-0.1, -0.05) is 71.1 Å². The first-order chi connectivity index (χ1) is 19.7. The Morgan fingerprint density at radius 2 is 1.17 bits per heavy atom. The first-order valence-corrected chi connectivity index (χ1v) is 15.9. The van der Waals surface area contributed by atoms with Crippen LogP contribution in [0.5, 0.6) is 0 Å². The van der Waals surface area contributed by atoms with Gasteiger partial charge in [0.2, 0.25) is 11.8 Å². The number of nitrogens with two attached hydrogens (primary N) is 1. The Bertz CT molecular complexity index is 745. The summed E-state index contributed by atoms with van der Waals surface area (Å²) >= 11 is 0. The first kappa shape index (κ1) is 38.5. The molecular formula is C31H57N3O7. The highest BCUT2D eigenvalue weighted by molar-refractivity contribution is 5.84. The van der Waals surface area contributed by atoms with Crippen LogP contribution < -0.4 is 16.4 Å². The monoisotopic (exact) mass is 583 g/mol. The topological polar surface area (TPSA) is 176 Å². The SMILES string of the molecule is CCCNC(=O)[C@@H](N)CCCCNC(=O)CC[C@H](CC(=O)CCCCCCCCCCCCCCC(=O)O)C(=O)O. The molecular weight excluding hydrogens is 526 g/mol. The first-order valence-electron chi connectivity index (χ1n) is 15.9. The zero-order chi connectivity index (χ0) is 30.7. The van der Waals surface area contributed by atoms with E-state index in [0.29, 0.717) is 38.8 Å². The summed E-state index contributed by atoms with van der Waals surface area (Å²) in [4.78, 5) is 58.2. The van der Waals surface area contributed by atoms with Crippen LogP contribution in [0, 0.1) is 5.92 Å². The van der Waals surface area contributed by atoms with Crippen LogP contribution >= 0.6 is 0 Å². The van der Waals surface area contributed by atoms with Crippen molar-refractivity contribution in [1.29, 1.82) is 0 Å². The third kappa shape index (κ3) is 25.0. The van der Waals surface area contributed by atoms with Gasteiger partial charge in [-0.25, -0.2) is 0 Å². The zero-order valence-electron chi connectivity index (χ0n) is 25.4. The van der Waals surface area contributed by atoms with E-state index in [-0.39, 0.29) is 43.3 Å². The van der Waals surface area contributed by atoms with E-state index in [1.807, 2.05) is 6.92 Å². The molecule has 2 atom stereocenters. The molecule has 41 heavy (non-hydrogen) atoms. The van der Waals surface area contributed by atoms with Gasteiger partial charge in [0, 0.05) is 38.8 Å². The summed E-state index contributed by atoms with van der Waals surface area (Å²) in [6.07, 6.45) is 16.4. The Morgan fingerprint density at radius 3 is 1.68 bits per heavy atom. The van der Waals surface area contributed by atoms with Crippen molar-refractivity contribution in [3.63, 3.8) is 0 Å². The minimum atomic E-state index is -1.04. The van der Waals surface area contributed by atoms with Gasteiger partial charge in [0.05, 0.1) is 12.0 Å². The van der Waals surface area contributed by atoms with Crippen molar-refractivity contribution in [2.24, 2.45) is 11.7 Å². The van der Waals surface area contributed by atoms with Gasteiger partial charge < -0.3 is 26.6 Å². The number of ketones is 1. The Hall–Kier alpha value is -2.49. The zero-order valence-corrected chi connectivity index (χ0v) is 25.4. The number of carboxylic acids is 2. The molecule has 0 aromatic heterocycles. The van der Waals surface area contributed by atoms with Gasteiger partial charge in [0.25, 0.3) is 0 Å². The van der Waals surface area contributed by atoms with Crippen molar-refractivity contribution in [2.75, 3.05) is 13.1 Å². The van der Waals surface area contributed by atoms with Crippen molar-refractivity contribution in [3.05, 3.63) is 0 Å². The third-order valence-electron chi connectivity index (χ3n) is 7.29. The minimum Gasteiger partial charge on any atom is -0.481 e. The highest BCUT2D eigenvalue weighted by Gasteiger charge is 2.22. The van der Waals surface area contributed by atoms with Crippen LogP contribution in [-0.2, 0) is 24.0 Å². The van der Waals surface area contributed by atoms with Gasteiger partial charge in [-0.2, -0.15) is 0 Å². The molecule has 10 heteroatoms. The summed E-state index contributed by atoms with van der Waals surface area (Å²) in [7, 11) is 0. The number of hydrogen-bond acceptors (Lipinski definition) is 6. The van der Waals surface area contributed by atoms with Gasteiger partial charge >= 0.3 is 11.9 Å². The molecule has 0 fully saturated rings. The highest BCUT2D eigenvalue weighted by Crippen LogP contribution is 2.17. The molecule has 0 aliphatic rings. The smallest absolute Gasteiger partial charge is 0.306 e. The number of amides is 2. The quantitative estimate of drug-likeness (QED) is 0.0754. The lowest BCUT2D eigenvalue weighted by Crippen LogP contribution is -2.40. The average Bonchev–Trinajstić information content (AvgIpc) is 2.93. The summed E-state index contributed by atoms with van der Waals surface area (Å²) in [6, 6.07) is -0.554. The molecule has 0 aromatic carbocycles. The molecule has 0 aliphatic carbocycles. The Morgan fingerprint density at radius 1 is 0.634 bits per heavy atom. The second-order valence-corrected chi connectivity index (χ2v) is 11.2. The average molecular weight is 584 g/mol. The van der Waals surface area contributed by atoms with E-state index < -0.39 is 23.9 Å². The number of hydrogen-bond donors (Lipinski definition) is 5. The maximum Gasteiger partial charge on any atom is 0.306 e. The number of carbonyl (C=O) groups excluding carboxylic acids is 3.